The summed E-state index contributed by atoms with van der Waals surface area (Å²) in [5, 5.41) is 2.91. The number of amides is 2. The van der Waals surface area contributed by atoms with Gasteiger partial charge >= 0.3 is 0 Å². The van der Waals surface area contributed by atoms with Gasteiger partial charge < -0.3 is 10.2 Å². The molecule has 0 aliphatic rings. The lowest BCUT2D eigenvalue weighted by molar-refractivity contribution is -0.139. The highest BCUT2D eigenvalue weighted by Crippen LogP contribution is 2.26. The van der Waals surface area contributed by atoms with Gasteiger partial charge in [-0.2, -0.15) is 0 Å². The fourth-order valence-electron chi connectivity index (χ4n) is 4.43. The zero-order chi connectivity index (χ0) is 28.6. The van der Waals surface area contributed by atoms with E-state index in [9.17, 15) is 18.0 Å². The molecule has 39 heavy (non-hydrogen) atoms. The third-order valence-corrected chi connectivity index (χ3v) is 8.49. The van der Waals surface area contributed by atoms with Crippen molar-refractivity contribution < 1.29 is 18.0 Å². The van der Waals surface area contributed by atoms with E-state index < -0.39 is 28.5 Å². The van der Waals surface area contributed by atoms with Crippen molar-refractivity contribution in [2.24, 2.45) is 0 Å². The van der Waals surface area contributed by atoms with Crippen molar-refractivity contribution in [2.75, 3.05) is 17.4 Å². The zero-order valence-electron chi connectivity index (χ0n) is 23.5. The summed E-state index contributed by atoms with van der Waals surface area (Å²) >= 11 is 0. The number of carbonyl (C=O) groups excluding carboxylic acids is 2. The van der Waals surface area contributed by atoms with Crippen LogP contribution in [0, 0.1) is 20.8 Å². The lowest BCUT2D eigenvalue weighted by Crippen LogP contribution is -2.51. The lowest BCUT2D eigenvalue weighted by atomic mass is 10.1. The Morgan fingerprint density at radius 1 is 0.897 bits per heavy atom. The van der Waals surface area contributed by atoms with E-state index in [1.807, 2.05) is 58.0 Å². The molecule has 0 heterocycles. The molecule has 3 aromatic rings. The zero-order valence-corrected chi connectivity index (χ0v) is 24.3. The van der Waals surface area contributed by atoms with Crippen LogP contribution in [0.4, 0.5) is 5.69 Å². The van der Waals surface area contributed by atoms with Gasteiger partial charge in [-0.3, -0.25) is 13.9 Å². The molecule has 208 valence electrons. The summed E-state index contributed by atoms with van der Waals surface area (Å²) in [4.78, 5) is 28.6. The van der Waals surface area contributed by atoms with Gasteiger partial charge in [0, 0.05) is 13.1 Å². The Balaban J connectivity index is 2.03. The van der Waals surface area contributed by atoms with Gasteiger partial charge in [-0.15, -0.1) is 0 Å². The van der Waals surface area contributed by atoms with Gasteiger partial charge in [0.15, 0.2) is 0 Å². The molecule has 1 atom stereocenters. The largest absolute Gasteiger partial charge is 0.354 e. The number of nitrogens with one attached hydrogen (secondary N) is 1. The summed E-state index contributed by atoms with van der Waals surface area (Å²) < 4.78 is 28.9. The summed E-state index contributed by atoms with van der Waals surface area (Å²) in [6, 6.07) is 20.4. The molecule has 0 bridgehead atoms. The van der Waals surface area contributed by atoms with Crippen molar-refractivity contribution in [3.8, 4) is 0 Å². The van der Waals surface area contributed by atoms with Crippen LogP contribution in [0.1, 0.15) is 48.9 Å². The summed E-state index contributed by atoms with van der Waals surface area (Å²) in [5.74, 6) is -0.732. The summed E-state index contributed by atoms with van der Waals surface area (Å²) in [5.41, 5.74) is 4.04. The van der Waals surface area contributed by atoms with Crippen molar-refractivity contribution in [3.63, 3.8) is 0 Å². The van der Waals surface area contributed by atoms with E-state index in [0.29, 0.717) is 12.2 Å². The molecule has 2 amide bonds. The maximum absolute atomic E-state index is 14.0. The number of hydrogen-bond acceptors (Lipinski definition) is 4. The first-order chi connectivity index (χ1) is 18.5. The van der Waals surface area contributed by atoms with E-state index in [0.717, 1.165) is 39.4 Å². The van der Waals surface area contributed by atoms with Gasteiger partial charge in [0.25, 0.3) is 10.0 Å². The topological polar surface area (TPSA) is 86.8 Å². The van der Waals surface area contributed by atoms with E-state index >= 15 is 0 Å². The van der Waals surface area contributed by atoms with Gasteiger partial charge in [-0.1, -0.05) is 61.9 Å². The molecule has 3 aromatic carbocycles. The van der Waals surface area contributed by atoms with Gasteiger partial charge in [-0.25, -0.2) is 8.42 Å². The smallest absolute Gasteiger partial charge is 0.264 e. The first-order valence-corrected chi connectivity index (χ1v) is 14.8. The minimum Gasteiger partial charge on any atom is -0.354 e. The number of aryl methyl sites for hydroxylation is 3. The van der Waals surface area contributed by atoms with Gasteiger partial charge in [0.05, 0.1) is 10.6 Å². The molecule has 7 nitrogen and oxygen atoms in total. The van der Waals surface area contributed by atoms with E-state index in [4.69, 9.17) is 0 Å². The number of rotatable bonds is 12. The highest BCUT2D eigenvalue weighted by atomic mass is 32.2. The summed E-state index contributed by atoms with van der Waals surface area (Å²) in [7, 11) is -4.08. The second-order valence-electron chi connectivity index (χ2n) is 9.94. The van der Waals surface area contributed by atoms with Crippen LogP contribution in [0.15, 0.2) is 77.7 Å². The number of sulfonamides is 1. The van der Waals surface area contributed by atoms with Crippen molar-refractivity contribution in [3.05, 3.63) is 95.1 Å². The molecular formula is C31H39N3O4S. The Bertz CT molecular complexity index is 1370. The Morgan fingerprint density at radius 3 is 2.13 bits per heavy atom. The monoisotopic (exact) mass is 549 g/mol. The number of benzene rings is 3. The van der Waals surface area contributed by atoms with Crippen molar-refractivity contribution >= 4 is 27.5 Å². The number of unbranched alkanes of at least 4 members (excludes halogenated alkanes) is 1. The van der Waals surface area contributed by atoms with Crippen LogP contribution < -0.4 is 9.62 Å². The first-order valence-electron chi connectivity index (χ1n) is 13.3. The molecule has 0 aliphatic heterocycles. The van der Waals surface area contributed by atoms with Crippen LogP contribution in [0.5, 0.6) is 0 Å². The molecule has 0 saturated heterocycles. The van der Waals surface area contributed by atoms with Crippen molar-refractivity contribution in [1.82, 2.24) is 10.2 Å². The van der Waals surface area contributed by atoms with Crippen LogP contribution in [0.2, 0.25) is 0 Å². The molecule has 1 unspecified atom stereocenters. The highest BCUT2D eigenvalue weighted by molar-refractivity contribution is 7.92. The average molecular weight is 550 g/mol. The van der Waals surface area contributed by atoms with Crippen LogP contribution in [0.3, 0.4) is 0 Å². The third kappa shape index (κ3) is 7.69. The number of hydrogen-bond donors (Lipinski definition) is 1. The lowest BCUT2D eigenvalue weighted by Gasteiger charge is -2.32. The molecule has 0 fully saturated rings. The predicted molar refractivity (Wildman–Crippen MR) is 156 cm³/mol. The van der Waals surface area contributed by atoms with Gasteiger partial charge in [0.1, 0.15) is 12.6 Å². The summed E-state index contributed by atoms with van der Waals surface area (Å²) in [6.07, 6.45) is 1.77. The minimum atomic E-state index is -4.08. The van der Waals surface area contributed by atoms with Crippen LogP contribution in [-0.2, 0) is 26.2 Å². The quantitative estimate of drug-likeness (QED) is 0.317. The Morgan fingerprint density at radius 2 is 1.51 bits per heavy atom. The average Bonchev–Trinajstić information content (AvgIpc) is 2.90. The van der Waals surface area contributed by atoms with E-state index in [1.165, 1.54) is 17.0 Å². The Labute approximate surface area is 232 Å². The van der Waals surface area contributed by atoms with Crippen LogP contribution >= 0.6 is 0 Å². The van der Waals surface area contributed by atoms with E-state index in [2.05, 4.69) is 5.32 Å². The molecule has 0 aliphatic carbocycles. The van der Waals surface area contributed by atoms with Crippen molar-refractivity contribution in [2.45, 2.75) is 64.9 Å². The number of anilines is 1. The minimum absolute atomic E-state index is 0.0905. The van der Waals surface area contributed by atoms with E-state index in [1.54, 1.807) is 37.3 Å². The summed E-state index contributed by atoms with van der Waals surface area (Å²) in [6.45, 7) is 9.70. The van der Waals surface area contributed by atoms with Crippen molar-refractivity contribution in [1.29, 1.82) is 0 Å². The number of carbonyl (C=O) groups is 2. The molecule has 0 saturated carbocycles. The Kier molecular flexibility index (Phi) is 10.3. The van der Waals surface area contributed by atoms with Gasteiger partial charge in [-0.05, 0) is 80.6 Å². The molecule has 1 N–H and O–H groups in total. The molecule has 8 heteroatoms. The second-order valence-corrected chi connectivity index (χ2v) is 11.8. The van der Waals surface area contributed by atoms with Crippen LogP contribution in [-0.4, -0.2) is 44.3 Å². The molecular weight excluding hydrogens is 510 g/mol. The molecule has 3 rings (SSSR count). The fraction of sp³-hybridized carbons (Fsp3) is 0.355. The fourth-order valence-corrected chi connectivity index (χ4v) is 5.85. The maximum atomic E-state index is 14.0. The highest BCUT2D eigenvalue weighted by Gasteiger charge is 2.32. The molecule has 0 spiro atoms. The normalized spacial score (nSPS) is 12.0. The van der Waals surface area contributed by atoms with E-state index in [-0.39, 0.29) is 17.3 Å². The Hall–Kier alpha value is -3.65. The molecule has 0 aromatic heterocycles. The standard InChI is InChI=1S/C31H39N3O4S/c1-6-7-17-32-31(36)26(5)33(21-27-14-12-11-13-25(27)4)30(35)22-34(28-19-23(2)18-24(3)20-28)39(37,38)29-15-9-8-10-16-29/h8-16,18-20,26H,6-7,17,21-22H2,1-5H3,(H,32,36). The maximum Gasteiger partial charge on any atom is 0.264 e. The first kappa shape index (κ1) is 29.9. The predicted octanol–water partition coefficient (Wildman–Crippen LogP) is 5.14. The van der Waals surface area contributed by atoms with Gasteiger partial charge in [0.2, 0.25) is 11.8 Å². The SMILES string of the molecule is CCCCNC(=O)C(C)N(Cc1ccccc1C)C(=O)CN(c1cc(C)cc(C)c1)S(=O)(=O)c1ccccc1. The van der Waals surface area contributed by atoms with Crippen LogP contribution in [0.25, 0.3) is 0 Å². The second kappa shape index (κ2) is 13.4. The third-order valence-electron chi connectivity index (χ3n) is 6.70. The number of nitrogens with zero attached hydrogens (tertiary/aromatic N) is 2. The molecule has 0 radical (unpaired) electrons.